The molecule has 0 radical (unpaired) electrons. The lowest BCUT2D eigenvalue weighted by Crippen LogP contribution is -2.74. The largest absolute Gasteiger partial charge is 0.309 e. The van der Waals surface area contributed by atoms with E-state index < -0.39 is 8.07 Å². The number of hydrogen-bond donors (Lipinski definition) is 0. The van der Waals surface area contributed by atoms with E-state index in [1.165, 1.54) is 47.8 Å². The summed E-state index contributed by atoms with van der Waals surface area (Å²) in [6.45, 7) is 0. The molecule has 0 unspecified atom stereocenters. The number of para-hydroxylation sites is 3. The third-order valence-corrected chi connectivity index (χ3v) is 18.6. The smallest absolute Gasteiger partial charge is 0.179 e. The summed E-state index contributed by atoms with van der Waals surface area (Å²) in [6, 6.07) is 90.9. The Labute approximate surface area is 382 Å². The van der Waals surface area contributed by atoms with E-state index in [1.54, 1.807) is 0 Å². The lowest BCUT2D eigenvalue weighted by atomic mass is 10.1. The lowest BCUT2D eigenvalue weighted by molar-refractivity contribution is 1.16. The summed E-state index contributed by atoms with van der Waals surface area (Å²) in [5.41, 5.74) is 10.8. The van der Waals surface area contributed by atoms with Crippen molar-refractivity contribution >= 4 is 94.2 Å². The molecule has 3 heterocycles. The third kappa shape index (κ3) is 5.49. The van der Waals surface area contributed by atoms with Crippen LogP contribution in [-0.4, -0.2) is 21.8 Å². The summed E-state index contributed by atoms with van der Waals surface area (Å²) in [5.74, 6) is 0. The molecule has 13 rings (SSSR count). The first-order valence-corrected chi connectivity index (χ1v) is 24.5. The summed E-state index contributed by atoms with van der Waals surface area (Å²) < 4.78 is 7.23. The number of aromatic nitrogens is 3. The van der Waals surface area contributed by atoms with Gasteiger partial charge >= 0.3 is 0 Å². The summed E-state index contributed by atoms with van der Waals surface area (Å²) in [4.78, 5) is 0. The Morgan fingerprint density at radius 3 is 1.33 bits per heavy atom. The van der Waals surface area contributed by atoms with Crippen LogP contribution in [0.3, 0.4) is 0 Å². The van der Waals surface area contributed by atoms with Crippen LogP contribution in [0.1, 0.15) is 5.56 Å². The average molecular weight is 857 g/mol. The van der Waals surface area contributed by atoms with Gasteiger partial charge in [0.1, 0.15) is 0 Å². The van der Waals surface area contributed by atoms with Gasteiger partial charge in [-0.05, 0) is 99.6 Å². The zero-order chi connectivity index (χ0) is 43.8. The highest BCUT2D eigenvalue weighted by Gasteiger charge is 2.41. The van der Waals surface area contributed by atoms with E-state index in [2.05, 4.69) is 250 Å². The highest BCUT2D eigenvalue weighted by Crippen LogP contribution is 2.41. The first-order chi connectivity index (χ1) is 32.7. The van der Waals surface area contributed by atoms with Crippen molar-refractivity contribution in [1.29, 1.82) is 5.26 Å². The minimum atomic E-state index is -2.68. The molecule has 0 saturated heterocycles. The summed E-state index contributed by atoms with van der Waals surface area (Å²) >= 11 is 0. The summed E-state index contributed by atoms with van der Waals surface area (Å²) in [5, 5.41) is 22.3. The molecule has 10 aromatic carbocycles. The number of rotatable bonds is 7. The van der Waals surface area contributed by atoms with Gasteiger partial charge in [-0.25, -0.2) is 0 Å². The maximum absolute atomic E-state index is 9.83. The van der Waals surface area contributed by atoms with E-state index in [0.717, 1.165) is 55.4 Å². The van der Waals surface area contributed by atoms with Crippen molar-refractivity contribution in [3.8, 4) is 23.1 Å². The van der Waals surface area contributed by atoms with Crippen molar-refractivity contribution < 1.29 is 0 Å². The molecule has 0 saturated carbocycles. The predicted molar refractivity (Wildman–Crippen MR) is 278 cm³/mol. The fourth-order valence-electron chi connectivity index (χ4n) is 11.1. The SMILES string of the molecule is N#Cc1ccc2c(c1)c1ccccc1n2-c1cccc2c1c1ccccc1n2-c1ccc2c(c1)c1ccccc1n2-c1ccc([Si](c2ccccc2)(c2ccccc2)c2ccccc2)cc1. The van der Waals surface area contributed by atoms with Crippen LogP contribution in [-0.2, 0) is 0 Å². The van der Waals surface area contributed by atoms with Crippen LogP contribution in [0.2, 0.25) is 0 Å². The molecule has 66 heavy (non-hydrogen) atoms. The molecular formula is C61H40N4Si. The molecule has 0 fully saturated rings. The van der Waals surface area contributed by atoms with Crippen LogP contribution in [0.5, 0.6) is 0 Å². The Morgan fingerprint density at radius 2 is 0.727 bits per heavy atom. The van der Waals surface area contributed by atoms with E-state index in [1.807, 2.05) is 12.1 Å². The van der Waals surface area contributed by atoms with Crippen molar-refractivity contribution in [2.75, 3.05) is 0 Å². The second-order valence-electron chi connectivity index (χ2n) is 17.2. The number of nitriles is 1. The van der Waals surface area contributed by atoms with Crippen LogP contribution >= 0.6 is 0 Å². The summed E-state index contributed by atoms with van der Waals surface area (Å²) in [7, 11) is -2.68. The van der Waals surface area contributed by atoms with Gasteiger partial charge in [-0.3, -0.25) is 0 Å². The van der Waals surface area contributed by atoms with E-state index in [4.69, 9.17) is 0 Å². The molecule has 4 nitrogen and oxygen atoms in total. The van der Waals surface area contributed by atoms with Gasteiger partial charge in [0.25, 0.3) is 0 Å². The minimum absolute atomic E-state index is 0.659. The van der Waals surface area contributed by atoms with Crippen LogP contribution in [0.15, 0.2) is 243 Å². The van der Waals surface area contributed by atoms with Crippen molar-refractivity contribution in [3.05, 3.63) is 248 Å². The molecule has 3 aromatic heterocycles. The average Bonchev–Trinajstić information content (AvgIpc) is 4.03. The molecule has 0 spiro atoms. The molecule has 308 valence electrons. The lowest BCUT2D eigenvalue weighted by Gasteiger charge is -2.34. The Kier molecular flexibility index (Phi) is 8.57. The van der Waals surface area contributed by atoms with E-state index >= 15 is 0 Å². The highest BCUT2D eigenvalue weighted by atomic mass is 28.3. The number of fused-ring (bicyclic) bond motifs is 9. The van der Waals surface area contributed by atoms with Crippen molar-refractivity contribution in [1.82, 2.24) is 13.7 Å². The Morgan fingerprint density at radius 1 is 0.303 bits per heavy atom. The predicted octanol–water partition coefficient (Wildman–Crippen LogP) is 12.2. The minimum Gasteiger partial charge on any atom is -0.309 e. The Balaban J connectivity index is 0.998. The zero-order valence-electron chi connectivity index (χ0n) is 35.9. The van der Waals surface area contributed by atoms with Crippen molar-refractivity contribution in [2.45, 2.75) is 0 Å². The first kappa shape index (κ1) is 37.8. The number of hydrogen-bond acceptors (Lipinski definition) is 1. The Bertz CT molecular complexity index is 3950. The standard InChI is InChI=1S/C61H40N4Si/c62-41-42-31-37-58-52(39-42)49-23-11-14-27-55(49)65(58)60-30-16-29-59-61(60)51-25-12-15-28-56(51)64(59)44-34-38-57-53(40-44)50-24-10-13-26-54(50)63(57)43-32-35-48(36-33-43)66(45-17-4-1-5-18-45,46-19-6-2-7-20-46)47-21-8-3-9-22-47/h1-40H. The van der Waals surface area contributed by atoms with E-state index in [0.29, 0.717) is 5.56 Å². The van der Waals surface area contributed by atoms with Gasteiger partial charge in [0.2, 0.25) is 0 Å². The van der Waals surface area contributed by atoms with Gasteiger partial charge in [-0.2, -0.15) is 5.26 Å². The van der Waals surface area contributed by atoms with Gasteiger partial charge in [0, 0.05) is 43.7 Å². The maximum Gasteiger partial charge on any atom is 0.179 e. The van der Waals surface area contributed by atoms with Crippen LogP contribution < -0.4 is 20.7 Å². The Hall–Kier alpha value is -8.69. The number of nitrogens with zero attached hydrogens (tertiary/aromatic N) is 4. The molecule has 0 aliphatic rings. The second kappa shape index (κ2) is 15.0. The fraction of sp³-hybridized carbons (Fsp3) is 0. The van der Waals surface area contributed by atoms with E-state index in [9.17, 15) is 5.26 Å². The molecule has 5 heteroatoms. The first-order valence-electron chi connectivity index (χ1n) is 22.5. The van der Waals surface area contributed by atoms with Gasteiger partial charge in [0.15, 0.2) is 8.07 Å². The van der Waals surface area contributed by atoms with Crippen molar-refractivity contribution in [3.63, 3.8) is 0 Å². The maximum atomic E-state index is 9.83. The van der Waals surface area contributed by atoms with Gasteiger partial charge in [0.05, 0.1) is 50.4 Å². The molecule has 0 atom stereocenters. The van der Waals surface area contributed by atoms with Gasteiger partial charge in [-0.1, -0.05) is 164 Å². The van der Waals surface area contributed by atoms with Crippen molar-refractivity contribution in [2.24, 2.45) is 0 Å². The van der Waals surface area contributed by atoms with E-state index in [-0.39, 0.29) is 0 Å². The second-order valence-corrected chi connectivity index (χ2v) is 21.0. The van der Waals surface area contributed by atoms with Gasteiger partial charge < -0.3 is 13.7 Å². The third-order valence-electron chi connectivity index (χ3n) is 13.8. The molecule has 0 bridgehead atoms. The monoisotopic (exact) mass is 856 g/mol. The van der Waals surface area contributed by atoms with Crippen LogP contribution in [0.25, 0.3) is 82.5 Å². The normalized spacial score (nSPS) is 11.9. The molecule has 0 aliphatic carbocycles. The molecule has 13 aromatic rings. The van der Waals surface area contributed by atoms with Crippen LogP contribution in [0.4, 0.5) is 0 Å². The quantitative estimate of drug-likeness (QED) is 0.116. The molecule has 0 aliphatic heterocycles. The topological polar surface area (TPSA) is 38.6 Å². The zero-order valence-corrected chi connectivity index (χ0v) is 36.9. The number of benzene rings is 10. The summed E-state index contributed by atoms with van der Waals surface area (Å²) in [6.07, 6.45) is 0. The molecular weight excluding hydrogens is 817 g/mol. The fourth-order valence-corrected chi connectivity index (χ4v) is 15.8. The van der Waals surface area contributed by atoms with Crippen LogP contribution in [0, 0.1) is 11.3 Å². The highest BCUT2D eigenvalue weighted by molar-refractivity contribution is 7.19. The molecule has 0 N–H and O–H groups in total. The molecule has 0 amide bonds. The van der Waals surface area contributed by atoms with Gasteiger partial charge in [-0.15, -0.1) is 0 Å².